The number of nitrogens with zero attached hydrogens (tertiary/aromatic N) is 1. The van der Waals surface area contributed by atoms with Gasteiger partial charge in [0.25, 0.3) is 0 Å². The van der Waals surface area contributed by atoms with Crippen molar-refractivity contribution in [2.45, 2.75) is 13.8 Å². The molecule has 0 aliphatic heterocycles. The van der Waals surface area contributed by atoms with Gasteiger partial charge in [0.1, 0.15) is 6.29 Å². The third-order valence-corrected chi connectivity index (χ3v) is 3.62. The van der Waals surface area contributed by atoms with Gasteiger partial charge in [-0.2, -0.15) is 0 Å². The molecule has 0 fully saturated rings. The normalized spacial score (nSPS) is 12.0. The summed E-state index contributed by atoms with van der Waals surface area (Å²) in [5, 5.41) is 0. The first-order valence-electron chi connectivity index (χ1n) is 4.78. The summed E-state index contributed by atoms with van der Waals surface area (Å²) in [4.78, 5) is 12.1. The van der Waals surface area contributed by atoms with E-state index in [0.717, 1.165) is 0 Å². The summed E-state index contributed by atoms with van der Waals surface area (Å²) in [5.74, 6) is -0.475. The molecule has 7 heteroatoms. The van der Waals surface area contributed by atoms with Gasteiger partial charge in [0.05, 0.1) is 19.8 Å². The third-order valence-electron chi connectivity index (χ3n) is 1.49. The van der Waals surface area contributed by atoms with Crippen LogP contribution in [0.4, 0.5) is 0 Å². The number of hydrogen-bond donors (Lipinski definition) is 1. The Morgan fingerprint density at radius 1 is 1.33 bits per heavy atom. The maximum Gasteiger partial charge on any atom is 0.344 e. The van der Waals surface area contributed by atoms with Crippen molar-refractivity contribution in [3.8, 4) is 0 Å². The number of rotatable bonds is 8. The Morgan fingerprint density at radius 2 is 1.80 bits per heavy atom. The Labute approximate surface area is 90.2 Å². The highest BCUT2D eigenvalue weighted by Crippen LogP contribution is 2.48. The Kier molecular flexibility index (Phi) is 6.76. The SMILES string of the molecule is CCOP(=O)(CN(C)CC(N)=O)OCC. The lowest BCUT2D eigenvalue weighted by atomic mass is 10.6. The molecule has 15 heavy (non-hydrogen) atoms. The molecule has 0 saturated carbocycles. The third kappa shape index (κ3) is 6.62. The molecule has 0 aromatic heterocycles. The number of carbonyl (C=O) groups excluding carboxylic acids is 1. The van der Waals surface area contributed by atoms with Crippen LogP contribution in [0.15, 0.2) is 0 Å². The molecule has 0 rings (SSSR count). The van der Waals surface area contributed by atoms with Gasteiger partial charge in [-0.1, -0.05) is 0 Å². The quantitative estimate of drug-likeness (QED) is 0.627. The summed E-state index contributed by atoms with van der Waals surface area (Å²) in [7, 11) is -1.48. The van der Waals surface area contributed by atoms with Crippen LogP contribution in [-0.2, 0) is 18.4 Å². The van der Waals surface area contributed by atoms with Gasteiger partial charge in [0.2, 0.25) is 5.91 Å². The predicted molar refractivity (Wildman–Crippen MR) is 57.5 cm³/mol. The topological polar surface area (TPSA) is 81.9 Å². The van der Waals surface area contributed by atoms with Gasteiger partial charge >= 0.3 is 7.60 Å². The standard InChI is InChI=1S/C8H19N2O4P/c1-4-13-15(12,14-5-2)7-10(3)6-8(9)11/h4-7H2,1-3H3,(H2,9,11). The van der Waals surface area contributed by atoms with E-state index < -0.39 is 13.5 Å². The van der Waals surface area contributed by atoms with Crippen LogP contribution in [0.2, 0.25) is 0 Å². The Hall–Kier alpha value is -0.420. The number of primary amides is 1. The summed E-state index contributed by atoms with van der Waals surface area (Å²) in [6, 6.07) is 0. The molecule has 0 atom stereocenters. The maximum atomic E-state index is 12.0. The van der Waals surface area contributed by atoms with Crippen molar-refractivity contribution < 1.29 is 18.4 Å². The molecule has 6 nitrogen and oxygen atoms in total. The number of likely N-dealkylation sites (N-methyl/N-ethyl adjacent to an activating group) is 1. The molecule has 0 aliphatic carbocycles. The summed E-state index contributed by atoms with van der Waals surface area (Å²) < 4.78 is 22.1. The van der Waals surface area contributed by atoms with Crippen LogP contribution < -0.4 is 5.73 Å². The van der Waals surface area contributed by atoms with E-state index in [9.17, 15) is 9.36 Å². The fraction of sp³-hybridized carbons (Fsp3) is 0.875. The van der Waals surface area contributed by atoms with Gasteiger partial charge < -0.3 is 14.8 Å². The lowest BCUT2D eigenvalue weighted by molar-refractivity contribution is -0.118. The highest BCUT2D eigenvalue weighted by Gasteiger charge is 2.25. The van der Waals surface area contributed by atoms with Gasteiger partial charge in [-0.15, -0.1) is 0 Å². The monoisotopic (exact) mass is 238 g/mol. The van der Waals surface area contributed by atoms with Crippen LogP contribution in [-0.4, -0.2) is 43.9 Å². The van der Waals surface area contributed by atoms with E-state index in [0.29, 0.717) is 13.2 Å². The minimum Gasteiger partial charge on any atom is -0.369 e. The average molecular weight is 238 g/mol. The lowest BCUT2D eigenvalue weighted by Gasteiger charge is -2.22. The van der Waals surface area contributed by atoms with Crippen molar-refractivity contribution in [1.82, 2.24) is 4.90 Å². The van der Waals surface area contributed by atoms with Crippen molar-refractivity contribution in [3.05, 3.63) is 0 Å². The van der Waals surface area contributed by atoms with E-state index in [-0.39, 0.29) is 12.8 Å². The van der Waals surface area contributed by atoms with Crippen molar-refractivity contribution in [2.75, 3.05) is 33.1 Å². The second-order valence-corrected chi connectivity index (χ2v) is 5.09. The molecule has 2 N–H and O–H groups in total. The first-order chi connectivity index (χ1) is 6.93. The predicted octanol–water partition coefficient (Wildman–Crippen LogP) is 0.627. The van der Waals surface area contributed by atoms with E-state index in [1.807, 2.05) is 0 Å². The second-order valence-electron chi connectivity index (χ2n) is 3.07. The molecule has 0 unspecified atom stereocenters. The number of hydrogen-bond acceptors (Lipinski definition) is 5. The van der Waals surface area contributed by atoms with Gasteiger partial charge in [0, 0.05) is 0 Å². The fourth-order valence-electron chi connectivity index (χ4n) is 1.12. The Bertz CT molecular complexity index is 237. The van der Waals surface area contributed by atoms with Crippen molar-refractivity contribution >= 4 is 13.5 Å². The molecule has 0 aromatic rings. The summed E-state index contributed by atoms with van der Waals surface area (Å²) >= 11 is 0. The summed E-state index contributed by atoms with van der Waals surface area (Å²) in [6.07, 6.45) is 0.0671. The lowest BCUT2D eigenvalue weighted by Crippen LogP contribution is -2.31. The average Bonchev–Trinajstić information content (AvgIpc) is 2.01. The molecule has 0 aliphatic rings. The molecule has 1 amide bonds. The number of amides is 1. The highest BCUT2D eigenvalue weighted by molar-refractivity contribution is 7.53. The van der Waals surface area contributed by atoms with Crippen LogP contribution in [0, 0.1) is 0 Å². The van der Waals surface area contributed by atoms with E-state index in [1.54, 1.807) is 20.9 Å². The van der Waals surface area contributed by atoms with E-state index >= 15 is 0 Å². The van der Waals surface area contributed by atoms with Crippen LogP contribution in [0.1, 0.15) is 13.8 Å². The van der Waals surface area contributed by atoms with E-state index in [4.69, 9.17) is 14.8 Å². The Morgan fingerprint density at radius 3 is 2.13 bits per heavy atom. The van der Waals surface area contributed by atoms with Crippen molar-refractivity contribution in [2.24, 2.45) is 5.73 Å². The summed E-state index contributed by atoms with van der Waals surface area (Å²) in [6.45, 7) is 4.12. The molecule has 0 saturated heterocycles. The zero-order valence-electron chi connectivity index (χ0n) is 9.43. The van der Waals surface area contributed by atoms with Crippen molar-refractivity contribution in [1.29, 1.82) is 0 Å². The molecule has 0 spiro atoms. The van der Waals surface area contributed by atoms with Crippen LogP contribution in [0.5, 0.6) is 0 Å². The molecule has 0 radical (unpaired) electrons. The second kappa shape index (κ2) is 6.95. The minimum atomic E-state index is -3.11. The molecule has 0 bridgehead atoms. The maximum absolute atomic E-state index is 12.0. The molecule has 0 aromatic carbocycles. The first kappa shape index (κ1) is 14.6. The van der Waals surface area contributed by atoms with Crippen LogP contribution >= 0.6 is 7.60 Å². The van der Waals surface area contributed by atoms with E-state index in [1.165, 1.54) is 4.90 Å². The Balaban J connectivity index is 4.27. The highest BCUT2D eigenvalue weighted by atomic mass is 31.2. The fourth-order valence-corrected chi connectivity index (χ4v) is 2.84. The van der Waals surface area contributed by atoms with E-state index in [2.05, 4.69) is 0 Å². The summed E-state index contributed by atoms with van der Waals surface area (Å²) in [5.41, 5.74) is 5.01. The van der Waals surface area contributed by atoms with Crippen molar-refractivity contribution in [3.63, 3.8) is 0 Å². The largest absolute Gasteiger partial charge is 0.369 e. The number of nitrogens with two attached hydrogens (primary N) is 1. The van der Waals surface area contributed by atoms with Gasteiger partial charge in [0.15, 0.2) is 0 Å². The smallest absolute Gasteiger partial charge is 0.344 e. The van der Waals surface area contributed by atoms with Gasteiger partial charge in [-0.05, 0) is 20.9 Å². The molecule has 90 valence electrons. The molecular weight excluding hydrogens is 219 g/mol. The molecule has 0 heterocycles. The van der Waals surface area contributed by atoms with Crippen LogP contribution in [0.3, 0.4) is 0 Å². The van der Waals surface area contributed by atoms with Crippen LogP contribution in [0.25, 0.3) is 0 Å². The molecular formula is C8H19N2O4P. The first-order valence-corrected chi connectivity index (χ1v) is 6.51. The number of carbonyl (C=O) groups is 1. The minimum absolute atomic E-state index is 0.0319. The van der Waals surface area contributed by atoms with Gasteiger partial charge in [-0.25, -0.2) is 0 Å². The van der Waals surface area contributed by atoms with Gasteiger partial charge in [-0.3, -0.25) is 14.3 Å². The zero-order chi connectivity index (χ0) is 11.9. The zero-order valence-corrected chi connectivity index (χ0v) is 10.3.